The highest BCUT2D eigenvalue weighted by Crippen LogP contribution is 2.63. The van der Waals surface area contributed by atoms with E-state index in [0.29, 0.717) is 0 Å². The van der Waals surface area contributed by atoms with E-state index < -0.39 is 41.0 Å². The molecule has 1 aromatic carbocycles. The molecule has 1 N–H and O–H groups in total. The van der Waals surface area contributed by atoms with E-state index in [1.165, 1.54) is 6.07 Å². The molecule has 24 heavy (non-hydrogen) atoms. The van der Waals surface area contributed by atoms with Gasteiger partial charge >= 0.3 is 24.5 Å². The third-order valence-electron chi connectivity index (χ3n) is 3.02. The van der Waals surface area contributed by atoms with Gasteiger partial charge in [0.05, 0.1) is 5.57 Å². The minimum absolute atomic E-state index is 0.295. The van der Waals surface area contributed by atoms with E-state index >= 15 is 0 Å². The van der Waals surface area contributed by atoms with Crippen LogP contribution in [0.5, 0.6) is 0 Å². The van der Waals surface area contributed by atoms with Crippen LogP contribution < -0.4 is 0 Å². The van der Waals surface area contributed by atoms with E-state index in [1.807, 2.05) is 0 Å². The molecule has 0 atom stereocenters. The summed E-state index contributed by atoms with van der Waals surface area (Å²) in [5.41, 5.74) is -9.99. The van der Waals surface area contributed by atoms with Gasteiger partial charge in [0.15, 0.2) is 0 Å². The van der Waals surface area contributed by atoms with Crippen LogP contribution >= 0.6 is 0 Å². The lowest BCUT2D eigenvalue weighted by molar-refractivity contribution is -0.410. The molecule has 0 bridgehead atoms. The zero-order chi connectivity index (χ0) is 19.0. The Kier molecular flexibility index (Phi) is 4.98. The van der Waals surface area contributed by atoms with Crippen molar-refractivity contribution in [2.24, 2.45) is 5.41 Å². The van der Waals surface area contributed by atoms with Gasteiger partial charge in [0.1, 0.15) is 0 Å². The van der Waals surface area contributed by atoms with E-state index in [-0.39, 0.29) is 6.08 Å². The maximum absolute atomic E-state index is 12.9. The van der Waals surface area contributed by atoms with E-state index in [2.05, 4.69) is 0 Å². The fourth-order valence-corrected chi connectivity index (χ4v) is 1.99. The van der Waals surface area contributed by atoms with Gasteiger partial charge in [-0.3, -0.25) is 0 Å². The van der Waals surface area contributed by atoms with Gasteiger partial charge in [0, 0.05) is 0 Å². The topological polar surface area (TPSA) is 37.3 Å². The molecular weight excluding hydrogens is 359 g/mol. The molecule has 1 aromatic rings. The van der Waals surface area contributed by atoms with Crippen molar-refractivity contribution in [2.75, 3.05) is 0 Å². The monoisotopic (exact) mass is 366 g/mol. The van der Waals surface area contributed by atoms with Gasteiger partial charge in [-0.1, -0.05) is 30.3 Å². The number of hydrogen-bond acceptors (Lipinski definition) is 1. The standard InChI is InChI=1S/C13H7F9O2/c14-11(15,16)10(12(17,18)19,13(20,21)22)8(9(23)24)6-7-4-2-1-3-5-7/h1-6H,(H,23,24). The fourth-order valence-electron chi connectivity index (χ4n) is 1.99. The molecule has 2 nitrogen and oxygen atoms in total. The fraction of sp³-hybridized carbons (Fsp3) is 0.308. The lowest BCUT2D eigenvalue weighted by atomic mass is 9.76. The summed E-state index contributed by atoms with van der Waals surface area (Å²) in [6.07, 6.45) is -21.2. The minimum atomic E-state index is -6.98. The molecule has 0 saturated carbocycles. The van der Waals surface area contributed by atoms with E-state index in [1.54, 1.807) is 0 Å². The molecule has 0 heterocycles. The predicted molar refractivity (Wildman–Crippen MR) is 62.7 cm³/mol. The Morgan fingerprint density at radius 1 is 0.792 bits per heavy atom. The maximum atomic E-state index is 12.9. The van der Waals surface area contributed by atoms with Crippen LogP contribution in [-0.4, -0.2) is 29.6 Å². The van der Waals surface area contributed by atoms with E-state index in [4.69, 9.17) is 5.11 Å². The molecule has 0 aliphatic rings. The lowest BCUT2D eigenvalue weighted by Crippen LogP contribution is -2.61. The van der Waals surface area contributed by atoms with Gasteiger partial charge in [-0.05, 0) is 11.6 Å². The summed E-state index contributed by atoms with van der Waals surface area (Å²) < 4.78 is 116. The second-order valence-corrected chi connectivity index (χ2v) is 4.52. The number of carbonyl (C=O) groups is 1. The largest absolute Gasteiger partial charge is 0.478 e. The Labute approximate surface area is 128 Å². The molecule has 134 valence electrons. The van der Waals surface area contributed by atoms with E-state index in [9.17, 15) is 44.3 Å². The Bertz CT molecular complexity index is 588. The lowest BCUT2D eigenvalue weighted by Gasteiger charge is -2.38. The first-order chi connectivity index (χ1) is 10.7. The Morgan fingerprint density at radius 2 is 1.17 bits per heavy atom. The second kappa shape index (κ2) is 6.02. The highest BCUT2D eigenvalue weighted by Gasteiger charge is 2.86. The molecule has 0 saturated heterocycles. The first-order valence-electron chi connectivity index (χ1n) is 5.87. The SMILES string of the molecule is O=C(O)C(=Cc1ccccc1)C(C(F)(F)F)(C(F)(F)F)C(F)(F)F. The first-order valence-corrected chi connectivity index (χ1v) is 5.87. The Balaban J connectivity index is 3.92. The number of carboxylic acid groups (broad SMARTS) is 1. The first kappa shape index (κ1) is 19.8. The molecular formula is C13H7F9O2. The molecule has 0 aromatic heterocycles. The van der Waals surface area contributed by atoms with Crippen molar-refractivity contribution < 1.29 is 49.4 Å². The highest BCUT2D eigenvalue weighted by molar-refractivity contribution is 5.94. The van der Waals surface area contributed by atoms with Crippen LogP contribution in [-0.2, 0) is 4.79 Å². The average Bonchev–Trinajstić information content (AvgIpc) is 2.34. The number of hydrogen-bond donors (Lipinski definition) is 1. The van der Waals surface area contributed by atoms with Gasteiger partial charge in [0.25, 0.3) is 5.41 Å². The molecule has 1 rings (SSSR count). The van der Waals surface area contributed by atoms with Gasteiger partial charge in [-0.25, -0.2) is 4.79 Å². The maximum Gasteiger partial charge on any atom is 0.416 e. The summed E-state index contributed by atoms with van der Waals surface area (Å²) in [5.74, 6) is -2.99. The molecule has 0 fully saturated rings. The molecule has 0 spiro atoms. The van der Waals surface area contributed by atoms with Crippen molar-refractivity contribution in [3.05, 3.63) is 41.5 Å². The van der Waals surface area contributed by atoms with Crippen LogP contribution in [0.15, 0.2) is 35.9 Å². The Morgan fingerprint density at radius 3 is 1.46 bits per heavy atom. The van der Waals surface area contributed by atoms with Gasteiger partial charge < -0.3 is 5.11 Å². The molecule has 0 aliphatic carbocycles. The van der Waals surface area contributed by atoms with Crippen LogP contribution in [0.2, 0.25) is 0 Å². The smallest absolute Gasteiger partial charge is 0.416 e. The number of aliphatic carboxylic acids is 1. The number of benzene rings is 1. The second-order valence-electron chi connectivity index (χ2n) is 4.52. The minimum Gasteiger partial charge on any atom is -0.478 e. The van der Waals surface area contributed by atoms with Crippen LogP contribution in [0.3, 0.4) is 0 Å². The van der Waals surface area contributed by atoms with Crippen molar-refractivity contribution in [3.8, 4) is 0 Å². The predicted octanol–water partition coefficient (Wildman–Crippen LogP) is 4.83. The molecule has 0 aliphatic heterocycles. The number of alkyl halides is 9. The van der Waals surface area contributed by atoms with Crippen molar-refractivity contribution in [1.29, 1.82) is 0 Å². The molecule has 0 unspecified atom stereocenters. The molecule has 11 heteroatoms. The third-order valence-corrected chi connectivity index (χ3v) is 3.02. The van der Waals surface area contributed by atoms with Crippen molar-refractivity contribution in [1.82, 2.24) is 0 Å². The summed E-state index contributed by atoms with van der Waals surface area (Å²) in [6, 6.07) is 5.19. The zero-order valence-electron chi connectivity index (χ0n) is 11.2. The van der Waals surface area contributed by atoms with Crippen LogP contribution in [0, 0.1) is 5.41 Å². The number of halogens is 9. The van der Waals surface area contributed by atoms with E-state index in [0.717, 1.165) is 24.3 Å². The summed E-state index contributed by atoms with van der Waals surface area (Å²) in [6.45, 7) is 0. The van der Waals surface area contributed by atoms with Crippen LogP contribution in [0.25, 0.3) is 6.08 Å². The highest BCUT2D eigenvalue weighted by atomic mass is 19.4. The average molecular weight is 366 g/mol. The van der Waals surface area contributed by atoms with Crippen LogP contribution in [0.1, 0.15) is 5.56 Å². The summed E-state index contributed by atoms with van der Waals surface area (Å²) in [4.78, 5) is 10.9. The third kappa shape index (κ3) is 3.20. The summed E-state index contributed by atoms with van der Waals surface area (Å²) >= 11 is 0. The van der Waals surface area contributed by atoms with Crippen LogP contribution in [0.4, 0.5) is 39.5 Å². The summed E-state index contributed by atoms with van der Waals surface area (Å²) in [7, 11) is 0. The Hall–Kier alpha value is -2.20. The van der Waals surface area contributed by atoms with Gasteiger partial charge in [-0.15, -0.1) is 0 Å². The quantitative estimate of drug-likeness (QED) is 0.615. The zero-order valence-corrected chi connectivity index (χ0v) is 11.2. The van der Waals surface area contributed by atoms with Crippen molar-refractivity contribution in [2.45, 2.75) is 18.5 Å². The van der Waals surface area contributed by atoms with Gasteiger partial charge in [0.2, 0.25) is 0 Å². The van der Waals surface area contributed by atoms with Gasteiger partial charge in [-0.2, -0.15) is 39.5 Å². The molecule has 0 amide bonds. The van der Waals surface area contributed by atoms with Crippen molar-refractivity contribution in [3.63, 3.8) is 0 Å². The number of carboxylic acids is 1. The van der Waals surface area contributed by atoms with Crippen molar-refractivity contribution >= 4 is 12.0 Å². The molecule has 0 radical (unpaired) electrons. The normalized spacial score (nSPS) is 14.6. The summed E-state index contributed by atoms with van der Waals surface area (Å²) in [5, 5.41) is 8.69. The number of rotatable bonds is 3.